The molecule has 3 N–H and O–H groups in total. The SMILES string of the molecule is CCOC(=O)/C=C/C(=O)NC(=S)NNC(=O)[C@H](C)Oc1ccc2ccccc2c1. The topological polar surface area (TPSA) is 106 Å². The third-order valence-corrected chi connectivity index (χ3v) is 3.80. The van der Waals surface area contributed by atoms with Gasteiger partial charge in [0, 0.05) is 12.2 Å². The standard InChI is InChI=1S/C20H21N3O5S/c1-3-27-18(25)11-10-17(24)21-20(29)23-22-19(26)13(2)28-16-9-8-14-6-4-5-7-15(14)12-16/h4-13H,3H2,1-2H3,(H,22,26)(H2,21,23,24,29)/b11-10+/t13-/m0/s1. The lowest BCUT2D eigenvalue weighted by molar-refractivity contribution is -0.137. The van der Waals surface area contributed by atoms with E-state index in [0.717, 1.165) is 22.9 Å². The van der Waals surface area contributed by atoms with Crippen molar-refractivity contribution in [1.29, 1.82) is 0 Å². The van der Waals surface area contributed by atoms with Gasteiger partial charge in [0.15, 0.2) is 11.2 Å². The summed E-state index contributed by atoms with van der Waals surface area (Å²) in [4.78, 5) is 34.9. The molecule has 2 aromatic carbocycles. The van der Waals surface area contributed by atoms with Crippen LogP contribution in [0.2, 0.25) is 0 Å². The van der Waals surface area contributed by atoms with Crippen LogP contribution in [0.25, 0.3) is 10.8 Å². The molecular weight excluding hydrogens is 394 g/mol. The van der Waals surface area contributed by atoms with Crippen molar-refractivity contribution in [2.24, 2.45) is 0 Å². The van der Waals surface area contributed by atoms with Crippen LogP contribution in [0.5, 0.6) is 5.75 Å². The van der Waals surface area contributed by atoms with Gasteiger partial charge in [0.1, 0.15) is 5.75 Å². The van der Waals surface area contributed by atoms with Crippen molar-refractivity contribution < 1.29 is 23.9 Å². The van der Waals surface area contributed by atoms with Crippen molar-refractivity contribution in [3.63, 3.8) is 0 Å². The second-order valence-corrected chi connectivity index (χ2v) is 6.20. The second-order valence-electron chi connectivity index (χ2n) is 5.79. The molecule has 1 atom stereocenters. The van der Waals surface area contributed by atoms with Crippen molar-refractivity contribution in [2.45, 2.75) is 20.0 Å². The van der Waals surface area contributed by atoms with Crippen LogP contribution in [0, 0.1) is 0 Å². The van der Waals surface area contributed by atoms with E-state index in [2.05, 4.69) is 20.9 Å². The number of carbonyl (C=O) groups excluding carboxylic acids is 3. The summed E-state index contributed by atoms with van der Waals surface area (Å²) in [6.07, 6.45) is 1.13. The van der Waals surface area contributed by atoms with Crippen LogP contribution in [-0.2, 0) is 19.1 Å². The fraction of sp³-hybridized carbons (Fsp3) is 0.200. The molecule has 0 aliphatic rings. The Balaban J connectivity index is 1.79. The highest BCUT2D eigenvalue weighted by Crippen LogP contribution is 2.21. The molecule has 0 radical (unpaired) electrons. The van der Waals surface area contributed by atoms with Crippen molar-refractivity contribution in [3.8, 4) is 5.75 Å². The van der Waals surface area contributed by atoms with Gasteiger partial charge >= 0.3 is 5.97 Å². The van der Waals surface area contributed by atoms with Gasteiger partial charge in [-0.15, -0.1) is 0 Å². The fourth-order valence-electron chi connectivity index (χ4n) is 2.24. The monoisotopic (exact) mass is 415 g/mol. The average Bonchev–Trinajstić information content (AvgIpc) is 2.70. The highest BCUT2D eigenvalue weighted by molar-refractivity contribution is 7.80. The average molecular weight is 415 g/mol. The highest BCUT2D eigenvalue weighted by atomic mass is 32.1. The Morgan fingerprint density at radius 3 is 2.52 bits per heavy atom. The van der Waals surface area contributed by atoms with E-state index in [-0.39, 0.29) is 11.7 Å². The predicted octanol–water partition coefficient (Wildman–Crippen LogP) is 1.75. The summed E-state index contributed by atoms with van der Waals surface area (Å²) in [5.74, 6) is -1.23. The molecule has 2 aromatic rings. The number of hydrazine groups is 1. The second kappa shape index (κ2) is 10.8. The Bertz CT molecular complexity index is 945. The summed E-state index contributed by atoms with van der Waals surface area (Å²) in [6, 6.07) is 13.3. The van der Waals surface area contributed by atoms with Crippen LogP contribution >= 0.6 is 12.2 Å². The van der Waals surface area contributed by atoms with Crippen LogP contribution in [0.1, 0.15) is 13.8 Å². The quantitative estimate of drug-likeness (QED) is 0.286. The van der Waals surface area contributed by atoms with Crippen molar-refractivity contribution in [2.75, 3.05) is 6.61 Å². The third-order valence-electron chi connectivity index (χ3n) is 3.60. The molecule has 0 saturated heterocycles. The maximum atomic E-state index is 12.1. The van der Waals surface area contributed by atoms with Crippen molar-refractivity contribution in [1.82, 2.24) is 16.2 Å². The number of thiocarbonyl (C=S) groups is 1. The highest BCUT2D eigenvalue weighted by Gasteiger charge is 2.15. The molecule has 2 rings (SSSR count). The molecule has 2 amide bonds. The smallest absolute Gasteiger partial charge is 0.330 e. The lowest BCUT2D eigenvalue weighted by atomic mass is 10.1. The number of amides is 2. The van der Waals surface area contributed by atoms with Gasteiger partial charge in [-0.3, -0.25) is 25.8 Å². The first-order valence-corrected chi connectivity index (χ1v) is 9.21. The molecule has 0 heterocycles. The van der Waals surface area contributed by atoms with E-state index in [4.69, 9.17) is 17.0 Å². The number of carbonyl (C=O) groups is 3. The minimum Gasteiger partial charge on any atom is -0.481 e. The molecule has 8 nitrogen and oxygen atoms in total. The number of hydrogen-bond donors (Lipinski definition) is 3. The lowest BCUT2D eigenvalue weighted by Gasteiger charge is -2.16. The van der Waals surface area contributed by atoms with Gasteiger partial charge in [0.2, 0.25) is 5.91 Å². The van der Waals surface area contributed by atoms with Gasteiger partial charge in [-0.1, -0.05) is 30.3 Å². The van der Waals surface area contributed by atoms with Crippen LogP contribution in [-0.4, -0.2) is 35.6 Å². The number of ether oxygens (including phenoxy) is 2. The van der Waals surface area contributed by atoms with E-state index in [0.29, 0.717) is 5.75 Å². The molecule has 0 unspecified atom stereocenters. The Morgan fingerprint density at radius 2 is 1.79 bits per heavy atom. The minimum atomic E-state index is -0.814. The molecule has 152 valence electrons. The Labute approximate surface area is 173 Å². The first kappa shape index (κ1) is 21.8. The van der Waals surface area contributed by atoms with Crippen LogP contribution in [0.3, 0.4) is 0 Å². The molecule has 0 aliphatic carbocycles. The molecule has 9 heteroatoms. The zero-order valence-corrected chi connectivity index (χ0v) is 16.7. The molecular formula is C20H21N3O5S. The number of rotatable bonds is 6. The fourth-order valence-corrected chi connectivity index (χ4v) is 2.39. The van der Waals surface area contributed by atoms with Crippen LogP contribution in [0.15, 0.2) is 54.6 Å². The Kier molecular flexibility index (Phi) is 8.11. The first-order valence-electron chi connectivity index (χ1n) is 8.80. The summed E-state index contributed by atoms with van der Waals surface area (Å²) in [5, 5.41) is 4.19. The van der Waals surface area contributed by atoms with Gasteiger partial charge in [-0.2, -0.15) is 0 Å². The molecule has 0 saturated carbocycles. The van der Waals surface area contributed by atoms with Gasteiger partial charge in [0.05, 0.1) is 6.61 Å². The maximum Gasteiger partial charge on any atom is 0.330 e. The van der Waals surface area contributed by atoms with Crippen LogP contribution < -0.4 is 20.9 Å². The zero-order valence-electron chi connectivity index (χ0n) is 15.9. The molecule has 0 aliphatic heterocycles. The summed E-state index contributed by atoms with van der Waals surface area (Å²) in [6.45, 7) is 3.43. The molecule has 0 aromatic heterocycles. The number of fused-ring (bicyclic) bond motifs is 1. The van der Waals surface area contributed by atoms with E-state index in [1.165, 1.54) is 0 Å². The molecule has 0 spiro atoms. The molecule has 29 heavy (non-hydrogen) atoms. The predicted molar refractivity (Wildman–Crippen MR) is 112 cm³/mol. The minimum absolute atomic E-state index is 0.144. The zero-order chi connectivity index (χ0) is 21.2. The van der Waals surface area contributed by atoms with Gasteiger partial charge < -0.3 is 9.47 Å². The normalized spacial score (nSPS) is 11.5. The maximum absolute atomic E-state index is 12.1. The van der Waals surface area contributed by atoms with Crippen molar-refractivity contribution >= 4 is 45.9 Å². The summed E-state index contributed by atoms with van der Waals surface area (Å²) >= 11 is 4.90. The summed E-state index contributed by atoms with van der Waals surface area (Å²) < 4.78 is 10.3. The van der Waals surface area contributed by atoms with Crippen molar-refractivity contribution in [3.05, 3.63) is 54.6 Å². The van der Waals surface area contributed by atoms with E-state index in [9.17, 15) is 14.4 Å². The first-order chi connectivity index (χ1) is 13.9. The van der Waals surface area contributed by atoms with Crippen LogP contribution in [0.4, 0.5) is 0 Å². The summed E-state index contributed by atoms with van der Waals surface area (Å²) in [7, 11) is 0. The Hall–Kier alpha value is -3.46. The van der Waals surface area contributed by atoms with Gasteiger partial charge in [0.25, 0.3) is 5.91 Å². The molecule has 0 fully saturated rings. The van der Waals surface area contributed by atoms with Gasteiger partial charge in [-0.05, 0) is 49.0 Å². The number of benzene rings is 2. The summed E-state index contributed by atoms with van der Waals surface area (Å²) in [5.41, 5.74) is 4.74. The number of hydrogen-bond acceptors (Lipinski definition) is 6. The largest absolute Gasteiger partial charge is 0.481 e. The van der Waals surface area contributed by atoms with E-state index < -0.39 is 23.9 Å². The Morgan fingerprint density at radius 1 is 1.07 bits per heavy atom. The number of nitrogens with one attached hydrogen (secondary N) is 3. The molecule has 0 bridgehead atoms. The lowest BCUT2D eigenvalue weighted by Crippen LogP contribution is -2.51. The van der Waals surface area contributed by atoms with E-state index in [1.807, 2.05) is 36.4 Å². The van der Waals surface area contributed by atoms with E-state index in [1.54, 1.807) is 19.9 Å². The van der Waals surface area contributed by atoms with Gasteiger partial charge in [-0.25, -0.2) is 4.79 Å². The number of esters is 1. The third kappa shape index (κ3) is 7.23. The van der Waals surface area contributed by atoms with E-state index >= 15 is 0 Å².